The summed E-state index contributed by atoms with van der Waals surface area (Å²) < 4.78 is 13.0. The number of nitrogens with zero attached hydrogens (tertiary/aromatic N) is 2. The van der Waals surface area contributed by atoms with Crippen LogP contribution in [0.15, 0.2) is 30.5 Å². The van der Waals surface area contributed by atoms with Crippen LogP contribution in [0.2, 0.25) is 10.0 Å². The summed E-state index contributed by atoms with van der Waals surface area (Å²) in [4.78, 5) is 4.00. The fourth-order valence-corrected chi connectivity index (χ4v) is 1.93. The molecule has 0 atom stereocenters. The standard InChI is InChI=1S/C12H6Cl2FN3/c13-9-4-8(15)5-10(14)11(9)18-12-7(6-16)2-1-3-17-12/h1-5H,(H,17,18). The Morgan fingerprint density at radius 2 is 1.94 bits per heavy atom. The molecular weight excluding hydrogens is 276 g/mol. The monoisotopic (exact) mass is 281 g/mol. The van der Waals surface area contributed by atoms with Gasteiger partial charge in [0.2, 0.25) is 0 Å². The Hall–Kier alpha value is -1.83. The Morgan fingerprint density at radius 1 is 1.28 bits per heavy atom. The van der Waals surface area contributed by atoms with Crippen LogP contribution in [0, 0.1) is 17.1 Å². The van der Waals surface area contributed by atoms with E-state index < -0.39 is 5.82 Å². The van der Waals surface area contributed by atoms with Crippen LogP contribution in [0.1, 0.15) is 5.56 Å². The maximum absolute atomic E-state index is 13.0. The molecule has 2 rings (SSSR count). The zero-order valence-electron chi connectivity index (χ0n) is 8.92. The topological polar surface area (TPSA) is 48.7 Å². The van der Waals surface area contributed by atoms with Crippen molar-refractivity contribution in [3.63, 3.8) is 0 Å². The van der Waals surface area contributed by atoms with Gasteiger partial charge in [-0.25, -0.2) is 9.37 Å². The van der Waals surface area contributed by atoms with Gasteiger partial charge in [-0.2, -0.15) is 5.26 Å². The first-order valence-corrected chi connectivity index (χ1v) is 5.64. The third kappa shape index (κ3) is 2.53. The predicted molar refractivity (Wildman–Crippen MR) is 68.7 cm³/mol. The van der Waals surface area contributed by atoms with Crippen molar-refractivity contribution in [1.82, 2.24) is 4.98 Å². The molecule has 0 spiro atoms. The minimum absolute atomic E-state index is 0.120. The molecular formula is C12H6Cl2FN3. The molecule has 1 N–H and O–H groups in total. The van der Waals surface area contributed by atoms with Crippen LogP contribution in [-0.2, 0) is 0 Å². The smallest absolute Gasteiger partial charge is 0.148 e. The van der Waals surface area contributed by atoms with Gasteiger partial charge in [-0.3, -0.25) is 0 Å². The van der Waals surface area contributed by atoms with Crippen molar-refractivity contribution in [2.24, 2.45) is 0 Å². The normalized spacial score (nSPS) is 9.89. The number of benzene rings is 1. The van der Waals surface area contributed by atoms with Crippen LogP contribution in [-0.4, -0.2) is 4.98 Å². The van der Waals surface area contributed by atoms with Crippen LogP contribution in [0.3, 0.4) is 0 Å². The minimum atomic E-state index is -0.530. The van der Waals surface area contributed by atoms with Crippen LogP contribution < -0.4 is 5.32 Å². The van der Waals surface area contributed by atoms with Crippen LogP contribution >= 0.6 is 23.2 Å². The van der Waals surface area contributed by atoms with E-state index in [0.29, 0.717) is 17.1 Å². The van der Waals surface area contributed by atoms with Crippen molar-refractivity contribution in [2.75, 3.05) is 5.32 Å². The van der Waals surface area contributed by atoms with Gasteiger partial charge in [0.25, 0.3) is 0 Å². The van der Waals surface area contributed by atoms with E-state index in [9.17, 15) is 4.39 Å². The summed E-state index contributed by atoms with van der Waals surface area (Å²) in [5.41, 5.74) is 0.656. The molecule has 3 nitrogen and oxygen atoms in total. The van der Waals surface area contributed by atoms with Crippen LogP contribution in [0.5, 0.6) is 0 Å². The fourth-order valence-electron chi connectivity index (χ4n) is 1.38. The first kappa shape index (κ1) is 12.6. The molecule has 6 heteroatoms. The molecule has 90 valence electrons. The summed E-state index contributed by atoms with van der Waals surface area (Å²) in [6, 6.07) is 7.47. The first-order chi connectivity index (χ1) is 8.61. The first-order valence-electron chi connectivity index (χ1n) is 4.88. The summed E-state index contributed by atoms with van der Waals surface area (Å²) in [7, 11) is 0. The highest BCUT2D eigenvalue weighted by molar-refractivity contribution is 6.39. The summed E-state index contributed by atoms with van der Waals surface area (Å²) >= 11 is 11.8. The zero-order chi connectivity index (χ0) is 13.1. The molecule has 0 unspecified atom stereocenters. The van der Waals surface area contributed by atoms with Crippen molar-refractivity contribution in [3.8, 4) is 6.07 Å². The van der Waals surface area contributed by atoms with Gasteiger partial charge in [0, 0.05) is 6.20 Å². The molecule has 1 heterocycles. The van der Waals surface area contributed by atoms with E-state index in [-0.39, 0.29) is 10.0 Å². The highest BCUT2D eigenvalue weighted by Crippen LogP contribution is 2.33. The van der Waals surface area contributed by atoms with E-state index in [4.69, 9.17) is 28.5 Å². The zero-order valence-corrected chi connectivity index (χ0v) is 10.4. The number of rotatable bonds is 2. The lowest BCUT2D eigenvalue weighted by atomic mass is 10.2. The molecule has 2 aromatic rings. The van der Waals surface area contributed by atoms with Gasteiger partial charge in [0.1, 0.15) is 17.7 Å². The summed E-state index contributed by atoms with van der Waals surface area (Å²) in [5.74, 6) is -0.215. The number of hydrogen-bond donors (Lipinski definition) is 1. The van der Waals surface area contributed by atoms with Gasteiger partial charge in [-0.1, -0.05) is 23.2 Å². The van der Waals surface area contributed by atoms with E-state index in [1.54, 1.807) is 12.1 Å². The van der Waals surface area contributed by atoms with E-state index >= 15 is 0 Å². The quantitative estimate of drug-likeness (QED) is 0.900. The Kier molecular flexibility index (Phi) is 3.66. The third-order valence-corrected chi connectivity index (χ3v) is 2.77. The van der Waals surface area contributed by atoms with Crippen molar-refractivity contribution in [2.45, 2.75) is 0 Å². The second-order valence-electron chi connectivity index (χ2n) is 3.38. The highest BCUT2D eigenvalue weighted by atomic mass is 35.5. The number of nitrogens with one attached hydrogen (secondary N) is 1. The number of nitriles is 1. The SMILES string of the molecule is N#Cc1cccnc1Nc1c(Cl)cc(F)cc1Cl. The van der Waals surface area contributed by atoms with Gasteiger partial charge < -0.3 is 5.32 Å². The molecule has 1 aromatic heterocycles. The number of aromatic nitrogens is 1. The van der Waals surface area contributed by atoms with Gasteiger partial charge in [-0.15, -0.1) is 0 Å². The molecule has 0 saturated heterocycles. The average Bonchev–Trinajstić information content (AvgIpc) is 2.34. The maximum atomic E-state index is 13.0. The third-order valence-electron chi connectivity index (χ3n) is 2.18. The molecule has 18 heavy (non-hydrogen) atoms. The van der Waals surface area contributed by atoms with E-state index in [0.717, 1.165) is 12.1 Å². The van der Waals surface area contributed by atoms with Gasteiger partial charge in [0.05, 0.1) is 21.3 Å². The Morgan fingerprint density at radius 3 is 2.56 bits per heavy atom. The molecule has 0 bridgehead atoms. The van der Waals surface area contributed by atoms with Crippen molar-refractivity contribution < 1.29 is 4.39 Å². The number of hydrogen-bond acceptors (Lipinski definition) is 3. The molecule has 0 aliphatic heterocycles. The predicted octanol–water partition coefficient (Wildman–Crippen LogP) is 4.14. The van der Waals surface area contributed by atoms with Crippen LogP contribution in [0.4, 0.5) is 15.9 Å². The lowest BCUT2D eigenvalue weighted by molar-refractivity contribution is 0.628. The molecule has 0 radical (unpaired) electrons. The Labute approximate surface area is 113 Å². The van der Waals surface area contributed by atoms with E-state index in [1.165, 1.54) is 6.20 Å². The Bertz CT molecular complexity index is 614. The van der Waals surface area contributed by atoms with E-state index in [2.05, 4.69) is 10.3 Å². The summed E-state index contributed by atoms with van der Waals surface area (Å²) in [5, 5.41) is 12.0. The molecule has 0 aliphatic rings. The average molecular weight is 282 g/mol. The lowest BCUT2D eigenvalue weighted by Crippen LogP contribution is -1.98. The molecule has 0 fully saturated rings. The second kappa shape index (κ2) is 5.21. The minimum Gasteiger partial charge on any atom is -0.337 e. The fraction of sp³-hybridized carbons (Fsp3) is 0. The number of halogens is 3. The van der Waals surface area contributed by atoms with Gasteiger partial charge in [0.15, 0.2) is 0 Å². The number of pyridine rings is 1. The van der Waals surface area contributed by atoms with Crippen molar-refractivity contribution in [3.05, 3.63) is 51.9 Å². The summed E-state index contributed by atoms with van der Waals surface area (Å²) in [6.07, 6.45) is 1.52. The highest BCUT2D eigenvalue weighted by Gasteiger charge is 2.11. The van der Waals surface area contributed by atoms with E-state index in [1.807, 2.05) is 6.07 Å². The van der Waals surface area contributed by atoms with Crippen LogP contribution in [0.25, 0.3) is 0 Å². The Balaban J connectivity index is 2.44. The van der Waals surface area contributed by atoms with Gasteiger partial charge in [-0.05, 0) is 24.3 Å². The summed E-state index contributed by atoms with van der Waals surface area (Å²) in [6.45, 7) is 0. The largest absolute Gasteiger partial charge is 0.337 e. The molecule has 0 saturated carbocycles. The molecule has 0 aliphatic carbocycles. The second-order valence-corrected chi connectivity index (χ2v) is 4.20. The van der Waals surface area contributed by atoms with Crippen molar-refractivity contribution in [1.29, 1.82) is 5.26 Å². The molecule has 0 amide bonds. The van der Waals surface area contributed by atoms with Crippen molar-refractivity contribution >= 4 is 34.7 Å². The number of anilines is 2. The maximum Gasteiger partial charge on any atom is 0.148 e. The molecule has 1 aromatic carbocycles. The lowest BCUT2D eigenvalue weighted by Gasteiger charge is -2.10. The van der Waals surface area contributed by atoms with Gasteiger partial charge >= 0.3 is 0 Å².